The third-order valence-corrected chi connectivity index (χ3v) is 10.5. The molecule has 0 aliphatic carbocycles. The van der Waals surface area contributed by atoms with Crippen LogP contribution in [0.1, 0.15) is 40.0 Å². The molecule has 24 nitrogen and oxygen atoms in total. The SMILES string of the molecule is CC(=O)N[C@H](C(=O)N[C@H]1CSSC[C@@H](C(=O)O)NC(=O)[C@H](CC(=O)O)NC(=O)CNC(=O)[C@H](CCCN=C(N)N)NC1=O)[C@@H](C)O[C@@H]1O[C@@H](C)[C@H](O)[C@@H](O)[C@H]1O. The van der Waals surface area contributed by atoms with Gasteiger partial charge in [0.1, 0.15) is 48.5 Å². The smallest absolute Gasteiger partial charge is 0.327 e. The minimum atomic E-state index is -1.76. The molecule has 26 heteroatoms. The Labute approximate surface area is 327 Å². The lowest BCUT2D eigenvalue weighted by Gasteiger charge is -2.40. The van der Waals surface area contributed by atoms with Crippen molar-refractivity contribution in [1.82, 2.24) is 31.9 Å². The molecular weight excluding hydrogens is 791 g/mol. The lowest BCUT2D eigenvalue weighted by Crippen LogP contribution is -2.62. The first-order chi connectivity index (χ1) is 26.2. The summed E-state index contributed by atoms with van der Waals surface area (Å²) in [4.78, 5) is 106. The fourth-order valence-corrected chi connectivity index (χ4v) is 7.44. The van der Waals surface area contributed by atoms with Gasteiger partial charge in [-0.3, -0.25) is 38.6 Å². The van der Waals surface area contributed by atoms with Crippen molar-refractivity contribution < 1.29 is 73.4 Å². The number of nitrogens with zero attached hydrogens (tertiary/aromatic N) is 1. The maximum atomic E-state index is 13.8. The summed E-state index contributed by atoms with van der Waals surface area (Å²) in [5.41, 5.74) is 10.7. The third-order valence-electron chi connectivity index (χ3n) is 8.10. The van der Waals surface area contributed by atoms with Gasteiger partial charge < -0.3 is 78.4 Å². The van der Waals surface area contributed by atoms with Crippen LogP contribution in [0.2, 0.25) is 0 Å². The van der Waals surface area contributed by atoms with Crippen molar-refractivity contribution in [3.05, 3.63) is 0 Å². The van der Waals surface area contributed by atoms with Gasteiger partial charge in [-0.25, -0.2) is 4.79 Å². The summed E-state index contributed by atoms with van der Waals surface area (Å²) in [6.45, 7) is 3.02. The summed E-state index contributed by atoms with van der Waals surface area (Å²) < 4.78 is 11.1. The zero-order chi connectivity index (χ0) is 42.3. The van der Waals surface area contributed by atoms with Gasteiger partial charge >= 0.3 is 11.9 Å². The van der Waals surface area contributed by atoms with Crippen molar-refractivity contribution in [2.75, 3.05) is 24.6 Å². The molecule has 15 N–H and O–H groups in total. The Bertz CT molecular complexity index is 1470. The zero-order valence-corrected chi connectivity index (χ0v) is 32.2. The molecule has 316 valence electrons. The van der Waals surface area contributed by atoms with E-state index in [9.17, 15) is 63.9 Å². The number of aliphatic carboxylic acids is 2. The normalized spacial score (nSPS) is 29.4. The van der Waals surface area contributed by atoms with Crippen LogP contribution in [0, 0.1) is 0 Å². The summed E-state index contributed by atoms with van der Waals surface area (Å²) in [5, 5.41) is 63.5. The highest BCUT2D eigenvalue weighted by Crippen LogP contribution is 2.25. The number of hydrogen-bond donors (Lipinski definition) is 13. The Morgan fingerprint density at radius 1 is 0.946 bits per heavy atom. The molecule has 2 heterocycles. The Kier molecular flexibility index (Phi) is 19.5. The number of carbonyl (C=O) groups excluding carboxylic acids is 6. The molecule has 0 spiro atoms. The number of aliphatic hydroxyl groups excluding tert-OH is 3. The van der Waals surface area contributed by atoms with Gasteiger partial charge in [0, 0.05) is 25.0 Å². The molecule has 0 radical (unpaired) electrons. The number of nitrogens with two attached hydrogens (primary N) is 2. The van der Waals surface area contributed by atoms with Gasteiger partial charge in [-0.2, -0.15) is 0 Å². The van der Waals surface area contributed by atoms with Gasteiger partial charge in [0.05, 0.1) is 25.2 Å². The molecule has 0 aromatic heterocycles. The van der Waals surface area contributed by atoms with Gasteiger partial charge in [-0.05, 0) is 26.7 Å². The highest BCUT2D eigenvalue weighted by atomic mass is 33.1. The second kappa shape index (κ2) is 22.9. The van der Waals surface area contributed by atoms with Gasteiger partial charge in [-0.1, -0.05) is 21.6 Å². The summed E-state index contributed by atoms with van der Waals surface area (Å²) in [6, 6.07) is -7.80. The molecule has 0 bridgehead atoms. The Balaban J connectivity index is 2.43. The van der Waals surface area contributed by atoms with E-state index in [1.807, 2.05) is 0 Å². The van der Waals surface area contributed by atoms with E-state index in [0.29, 0.717) is 0 Å². The van der Waals surface area contributed by atoms with E-state index in [-0.39, 0.29) is 36.9 Å². The van der Waals surface area contributed by atoms with Crippen molar-refractivity contribution in [2.24, 2.45) is 16.5 Å². The molecule has 0 saturated carbocycles. The number of aliphatic hydroxyl groups is 3. The largest absolute Gasteiger partial charge is 0.481 e. The fourth-order valence-electron chi connectivity index (χ4n) is 5.12. The van der Waals surface area contributed by atoms with E-state index in [1.165, 1.54) is 13.8 Å². The first kappa shape index (κ1) is 47.7. The second-order valence-electron chi connectivity index (χ2n) is 12.7. The minimum Gasteiger partial charge on any atom is -0.481 e. The number of ether oxygens (including phenoxy) is 2. The molecule has 0 aromatic carbocycles. The number of amides is 6. The molecule has 2 fully saturated rings. The molecule has 56 heavy (non-hydrogen) atoms. The van der Waals surface area contributed by atoms with E-state index in [1.54, 1.807) is 0 Å². The monoisotopic (exact) mass is 839 g/mol. The maximum Gasteiger partial charge on any atom is 0.327 e. The Morgan fingerprint density at radius 2 is 1.61 bits per heavy atom. The average Bonchev–Trinajstić information content (AvgIpc) is 3.11. The van der Waals surface area contributed by atoms with E-state index in [4.69, 9.17) is 20.9 Å². The Morgan fingerprint density at radius 3 is 2.21 bits per heavy atom. The van der Waals surface area contributed by atoms with Crippen molar-refractivity contribution in [2.45, 2.75) is 107 Å². The number of aliphatic imine (C=N–C) groups is 1. The fraction of sp³-hybridized carbons (Fsp3) is 0.700. The topological polar surface area (TPSA) is 393 Å². The lowest BCUT2D eigenvalue weighted by molar-refractivity contribution is -0.303. The molecule has 6 amide bonds. The number of hydrogen-bond acceptors (Lipinski definition) is 16. The first-order valence-electron chi connectivity index (χ1n) is 17.1. The van der Waals surface area contributed by atoms with Gasteiger partial charge in [0.25, 0.3) is 0 Å². The number of rotatable bonds is 13. The highest BCUT2D eigenvalue weighted by molar-refractivity contribution is 8.76. The summed E-state index contributed by atoms with van der Waals surface area (Å²) in [5.74, 6) is -9.65. The van der Waals surface area contributed by atoms with Crippen molar-refractivity contribution in [3.63, 3.8) is 0 Å². The van der Waals surface area contributed by atoms with Crippen LogP contribution in [0.5, 0.6) is 0 Å². The van der Waals surface area contributed by atoms with Gasteiger partial charge in [0.2, 0.25) is 35.4 Å². The average molecular weight is 840 g/mol. The molecule has 0 aromatic rings. The van der Waals surface area contributed by atoms with Crippen LogP contribution >= 0.6 is 21.6 Å². The van der Waals surface area contributed by atoms with Crippen LogP contribution in [0.25, 0.3) is 0 Å². The maximum absolute atomic E-state index is 13.8. The molecule has 2 rings (SSSR count). The van der Waals surface area contributed by atoms with E-state index >= 15 is 0 Å². The van der Waals surface area contributed by atoms with Crippen molar-refractivity contribution >= 4 is 74.9 Å². The number of carboxylic acid groups (broad SMARTS) is 2. The van der Waals surface area contributed by atoms with Crippen LogP contribution in [0.4, 0.5) is 0 Å². The van der Waals surface area contributed by atoms with E-state index < -0.39 is 127 Å². The summed E-state index contributed by atoms with van der Waals surface area (Å²) >= 11 is 0. The standard InChI is InChI=1S/C30H49N9O15S2/c1-11(53-29-23(46)22(45)21(44)12(2)54-29)20(35-13(3)40)27(50)38-16-9-55-56-10-17(28(51)52)39-25(48)15(7-19(42)43)36-18(41)8-34-24(47)14(37-26(16)49)5-4-6-33-30(31)32/h11-12,14-17,20-23,29,44-46H,4-10H2,1-3H3,(H,34,47)(H,35,40)(H,36,41)(H,37,49)(H,38,50)(H,39,48)(H,42,43)(H,51,52)(H4,31,32,33)/t11-,12+,14+,15+,16+,17+,20+,21+,22-,23-,29-/m1/s1. The number of carbonyl (C=O) groups is 8. The first-order valence-corrected chi connectivity index (χ1v) is 19.5. The summed E-state index contributed by atoms with van der Waals surface area (Å²) in [6.07, 6.45) is -9.67. The van der Waals surface area contributed by atoms with Gasteiger partial charge in [-0.15, -0.1) is 0 Å². The predicted molar refractivity (Wildman–Crippen MR) is 196 cm³/mol. The van der Waals surface area contributed by atoms with Crippen LogP contribution in [0.15, 0.2) is 4.99 Å². The highest BCUT2D eigenvalue weighted by Gasteiger charge is 2.44. The molecule has 0 unspecified atom stereocenters. The van der Waals surface area contributed by atoms with Crippen LogP contribution < -0.4 is 43.4 Å². The lowest BCUT2D eigenvalue weighted by atomic mass is 10.00. The predicted octanol–water partition coefficient (Wildman–Crippen LogP) is -6.21. The molecule has 11 atom stereocenters. The van der Waals surface area contributed by atoms with E-state index in [0.717, 1.165) is 28.5 Å². The molecule has 2 aliphatic heterocycles. The Hall–Kier alpha value is -4.47. The van der Waals surface area contributed by atoms with Crippen molar-refractivity contribution in [1.29, 1.82) is 0 Å². The third kappa shape index (κ3) is 15.6. The van der Waals surface area contributed by atoms with E-state index in [2.05, 4.69) is 36.9 Å². The quantitative estimate of drug-likeness (QED) is 0.0355. The van der Waals surface area contributed by atoms with Gasteiger partial charge in [0.15, 0.2) is 12.2 Å². The number of nitrogens with one attached hydrogen (secondary N) is 6. The number of guanidine groups is 1. The van der Waals surface area contributed by atoms with Crippen LogP contribution in [-0.2, 0) is 47.8 Å². The minimum absolute atomic E-state index is 0.0241. The molecule has 2 saturated heterocycles. The van der Waals surface area contributed by atoms with Crippen LogP contribution in [0.3, 0.4) is 0 Å². The molecular formula is C30H49N9O15S2. The number of carboxylic acids is 2. The van der Waals surface area contributed by atoms with Crippen LogP contribution in [-0.4, -0.2) is 170 Å². The summed E-state index contributed by atoms with van der Waals surface area (Å²) in [7, 11) is 1.70. The second-order valence-corrected chi connectivity index (χ2v) is 15.2. The zero-order valence-electron chi connectivity index (χ0n) is 30.5. The van der Waals surface area contributed by atoms with Crippen molar-refractivity contribution in [3.8, 4) is 0 Å². The molecule has 2 aliphatic rings.